The van der Waals surface area contributed by atoms with Crippen LogP contribution < -0.4 is 45.3 Å². The zero-order valence-electron chi connectivity index (χ0n) is 17.3. The molecule has 2 aromatic heterocycles. The zero-order valence-corrected chi connectivity index (χ0v) is 20.2. The van der Waals surface area contributed by atoms with E-state index in [9.17, 15) is 9.59 Å². The fourth-order valence-electron chi connectivity index (χ4n) is 3.24. The van der Waals surface area contributed by atoms with Crippen molar-refractivity contribution in [3.63, 3.8) is 0 Å². The first-order chi connectivity index (χ1) is 14.3. The van der Waals surface area contributed by atoms with E-state index in [2.05, 4.69) is 15.3 Å². The molecule has 3 rings (SSSR count). The average Bonchev–Trinajstić information content (AvgIpc) is 2.99. The summed E-state index contributed by atoms with van der Waals surface area (Å²) < 4.78 is 9.03. The monoisotopic (exact) mass is 559 g/mol. The molecule has 0 unspecified atom stereocenters. The Morgan fingerprint density at radius 3 is 2.58 bits per heavy atom. The normalized spacial score (nSPS) is 10.6. The molecule has 0 aliphatic heterocycles. The average molecular weight is 560 g/mol. The number of amides is 1. The Hall–Kier alpha value is -2.67. The minimum Gasteiger partial charge on any atom is -1.00 e. The van der Waals surface area contributed by atoms with Crippen LogP contribution in [0, 0.1) is 0 Å². The van der Waals surface area contributed by atoms with Crippen LogP contribution in [0.5, 0.6) is 0 Å². The number of hydrogen-bond acceptors (Lipinski definition) is 7. The van der Waals surface area contributed by atoms with Gasteiger partial charge in [0.1, 0.15) is 6.54 Å². The van der Waals surface area contributed by atoms with Crippen molar-refractivity contribution in [1.82, 2.24) is 19.9 Å². The molecule has 0 saturated heterocycles. The first kappa shape index (κ1) is 24.6. The van der Waals surface area contributed by atoms with E-state index in [-0.39, 0.29) is 59.0 Å². The van der Waals surface area contributed by atoms with Gasteiger partial charge in [0.15, 0.2) is 33.5 Å². The van der Waals surface area contributed by atoms with Crippen LogP contribution in [0.4, 0.5) is 11.6 Å². The summed E-state index contributed by atoms with van der Waals surface area (Å²) in [6.07, 6.45) is 0. The molecule has 2 heterocycles. The number of imidazole rings is 1. The Kier molecular flexibility index (Phi) is 8.01. The molecule has 0 aliphatic carbocycles. The van der Waals surface area contributed by atoms with Crippen LogP contribution in [0.15, 0.2) is 18.2 Å². The predicted octanol–water partition coefficient (Wildman–Crippen LogP) is -1.80. The third kappa shape index (κ3) is 4.82. The Labute approximate surface area is 200 Å². The van der Waals surface area contributed by atoms with Crippen LogP contribution in [0.25, 0.3) is 11.0 Å². The Morgan fingerprint density at radius 1 is 1.23 bits per heavy atom. The van der Waals surface area contributed by atoms with Crippen molar-refractivity contribution in [3.05, 3.63) is 40.4 Å². The van der Waals surface area contributed by atoms with Gasteiger partial charge in [0, 0.05) is 6.07 Å². The van der Waals surface area contributed by atoms with E-state index < -0.39 is 5.91 Å². The van der Waals surface area contributed by atoms with Crippen molar-refractivity contribution in [3.8, 4) is 0 Å². The van der Waals surface area contributed by atoms with Crippen LogP contribution in [0.3, 0.4) is 0 Å². The number of anilines is 2. The fraction of sp³-hybridized carbons (Fsp3) is 0.316. The maximum Gasteiger partial charge on any atom is 0.338 e. The van der Waals surface area contributed by atoms with Gasteiger partial charge in [0.2, 0.25) is 0 Å². The van der Waals surface area contributed by atoms with Gasteiger partial charge in [-0.25, -0.2) is 23.9 Å². The number of carbonyl (C=O) groups excluding carboxylic acids is 2. The molecule has 1 amide bonds. The molecule has 5 N–H and O–H groups in total. The molecule has 1 aromatic carbocycles. The van der Waals surface area contributed by atoms with Gasteiger partial charge in [-0.15, -0.1) is 0 Å². The van der Waals surface area contributed by atoms with E-state index in [0.717, 1.165) is 16.9 Å². The van der Waals surface area contributed by atoms with Crippen molar-refractivity contribution in [2.75, 3.05) is 18.1 Å². The van der Waals surface area contributed by atoms with Gasteiger partial charge in [0.05, 0.1) is 25.8 Å². The lowest BCUT2D eigenvalue weighted by Gasteiger charge is -2.07. The van der Waals surface area contributed by atoms with Gasteiger partial charge in [0.25, 0.3) is 11.7 Å². The molecule has 31 heavy (non-hydrogen) atoms. The summed E-state index contributed by atoms with van der Waals surface area (Å²) in [5.41, 5.74) is 13.4. The minimum absolute atomic E-state index is 0. The summed E-state index contributed by atoms with van der Waals surface area (Å²) in [4.78, 5) is 32.4. The van der Waals surface area contributed by atoms with Crippen molar-refractivity contribution in [2.45, 2.75) is 26.9 Å². The number of hydrogen-bond donors (Lipinski definition) is 3. The number of nitrogen functional groups attached to an aromatic ring is 2. The van der Waals surface area contributed by atoms with E-state index in [1.54, 1.807) is 19.1 Å². The van der Waals surface area contributed by atoms with Gasteiger partial charge in [-0.1, -0.05) is 11.6 Å². The van der Waals surface area contributed by atoms with Gasteiger partial charge >= 0.3 is 5.97 Å². The molecule has 0 fully saturated rings. The summed E-state index contributed by atoms with van der Waals surface area (Å²) in [7, 11) is 1.88. The molecule has 12 heteroatoms. The highest BCUT2D eigenvalue weighted by Gasteiger charge is 2.25. The molecule has 166 valence electrons. The highest BCUT2D eigenvalue weighted by molar-refractivity contribution is 6.31. The second kappa shape index (κ2) is 10.1. The summed E-state index contributed by atoms with van der Waals surface area (Å²) in [6.45, 7) is 4.86. The van der Waals surface area contributed by atoms with E-state index in [1.165, 1.54) is 0 Å². The number of benzene rings is 1. The highest BCUT2D eigenvalue weighted by Crippen LogP contribution is 2.19. The number of esters is 1. The number of nitrogens with zero attached hydrogens (tertiary/aromatic N) is 4. The quantitative estimate of drug-likeness (QED) is 0.184. The van der Waals surface area contributed by atoms with Crippen LogP contribution in [-0.2, 0) is 24.9 Å². The topological polar surface area (TPSA) is 142 Å². The molecule has 0 aliphatic rings. The molecule has 3 aromatic rings. The lowest BCUT2D eigenvalue weighted by Crippen LogP contribution is -3.00. The van der Waals surface area contributed by atoms with Crippen LogP contribution in [-0.4, -0.2) is 33.0 Å². The van der Waals surface area contributed by atoms with Gasteiger partial charge in [-0.2, -0.15) is 0 Å². The maximum absolute atomic E-state index is 12.6. The second-order valence-corrected chi connectivity index (χ2v) is 6.82. The van der Waals surface area contributed by atoms with Gasteiger partial charge in [-0.05, 0) is 26.0 Å². The van der Waals surface area contributed by atoms with Crippen molar-refractivity contribution < 1.29 is 42.9 Å². The molecular formula is C19H23ClIN7O3. The molecule has 0 radical (unpaired) electrons. The largest absolute Gasteiger partial charge is 1.00 e. The van der Waals surface area contributed by atoms with Crippen LogP contribution in [0.1, 0.15) is 40.5 Å². The smallest absolute Gasteiger partial charge is 0.338 e. The number of nitrogens with one attached hydrogen (secondary N) is 1. The highest BCUT2D eigenvalue weighted by atomic mass is 127. The lowest BCUT2D eigenvalue weighted by molar-refractivity contribution is -0.654. The van der Waals surface area contributed by atoms with Crippen LogP contribution in [0.2, 0.25) is 5.15 Å². The SMILES string of the molecule is CCOC(=O)c1ccc2c(c1)n(CC)c(CNC(=O)c1nc(Cl)c(N)nc1N)[n+]2C.[I-]. The Balaban J connectivity index is 0.00000341. The standard InChI is InChI=1S/C19H22ClN7O3.HI/c1-4-27-12-8-10(19(29)30-5-2)6-7-11(12)26(3)13(27)9-23-18(28)14-16(21)25-17(22)15(20)24-14;/h6-8H,4-5,9H2,1-3H3,(H4-,21,22,23,25,28);1H. The number of halogens is 2. The summed E-state index contributed by atoms with van der Waals surface area (Å²) in [5.74, 6) is -0.235. The van der Waals surface area contributed by atoms with Gasteiger partial charge in [-0.3, -0.25) is 4.79 Å². The van der Waals surface area contributed by atoms with E-state index in [4.69, 9.17) is 27.8 Å². The van der Waals surface area contributed by atoms with Crippen molar-refractivity contribution in [1.29, 1.82) is 0 Å². The third-order valence-electron chi connectivity index (χ3n) is 4.68. The first-order valence-corrected chi connectivity index (χ1v) is 9.71. The van der Waals surface area contributed by atoms with Gasteiger partial charge < -0.3 is 45.5 Å². The fourth-order valence-corrected chi connectivity index (χ4v) is 3.37. The van der Waals surface area contributed by atoms with Crippen LogP contribution >= 0.6 is 11.6 Å². The number of carbonyl (C=O) groups is 2. The molecule has 10 nitrogen and oxygen atoms in total. The Bertz CT molecular complexity index is 1150. The molecule has 0 bridgehead atoms. The summed E-state index contributed by atoms with van der Waals surface area (Å²) >= 11 is 5.86. The lowest BCUT2D eigenvalue weighted by atomic mass is 10.2. The number of fused-ring (bicyclic) bond motifs is 1. The zero-order chi connectivity index (χ0) is 22.0. The number of aromatic nitrogens is 4. The molecule has 0 atom stereocenters. The predicted molar refractivity (Wildman–Crippen MR) is 112 cm³/mol. The minimum atomic E-state index is -0.526. The van der Waals surface area contributed by atoms with E-state index in [1.807, 2.05) is 29.2 Å². The third-order valence-corrected chi connectivity index (χ3v) is 4.96. The molecular weight excluding hydrogens is 537 g/mol. The van der Waals surface area contributed by atoms with Crippen molar-refractivity contribution >= 4 is 46.1 Å². The maximum atomic E-state index is 12.6. The first-order valence-electron chi connectivity index (χ1n) is 9.33. The van der Waals surface area contributed by atoms with Crippen molar-refractivity contribution in [2.24, 2.45) is 7.05 Å². The number of rotatable bonds is 6. The summed E-state index contributed by atoms with van der Waals surface area (Å²) in [6, 6.07) is 5.35. The number of aryl methyl sites for hydroxylation is 2. The molecule has 0 spiro atoms. The Morgan fingerprint density at radius 2 is 1.94 bits per heavy atom. The number of nitrogens with two attached hydrogens (primary N) is 2. The second-order valence-electron chi connectivity index (χ2n) is 6.46. The summed E-state index contributed by atoms with van der Waals surface area (Å²) in [5, 5.41) is 2.69. The molecule has 0 saturated carbocycles. The number of ether oxygens (including phenoxy) is 1. The van der Waals surface area contributed by atoms with E-state index >= 15 is 0 Å². The van der Waals surface area contributed by atoms with E-state index in [0.29, 0.717) is 18.7 Å².